The van der Waals surface area contributed by atoms with Crippen LogP contribution >= 0.6 is 0 Å². The highest BCUT2D eigenvalue weighted by molar-refractivity contribution is 5.79. The van der Waals surface area contributed by atoms with Crippen molar-refractivity contribution >= 4 is 0 Å². The Kier molecular flexibility index (Phi) is 9.65. The van der Waals surface area contributed by atoms with Gasteiger partial charge in [0.1, 0.15) is 11.5 Å². The lowest BCUT2D eigenvalue weighted by atomic mass is 9.65. The Morgan fingerprint density at radius 2 is 0.938 bits per heavy atom. The number of aryl methyl sites for hydroxylation is 6. The van der Waals surface area contributed by atoms with E-state index in [1.54, 1.807) is 0 Å². The third-order valence-electron chi connectivity index (χ3n) is 10.4. The summed E-state index contributed by atoms with van der Waals surface area (Å²) in [7, 11) is 0. The normalized spacial score (nSPS) is 14.4. The Morgan fingerprint density at radius 3 is 1.40 bits per heavy atom. The van der Waals surface area contributed by atoms with Gasteiger partial charge in [0.2, 0.25) is 0 Å². The minimum atomic E-state index is -1.33. The highest BCUT2D eigenvalue weighted by atomic mass is 16.3. The van der Waals surface area contributed by atoms with Crippen molar-refractivity contribution in [3.63, 3.8) is 0 Å². The Balaban J connectivity index is 1.64. The lowest BCUT2D eigenvalue weighted by molar-refractivity contribution is -0.0610. The van der Waals surface area contributed by atoms with Crippen LogP contribution in [0.3, 0.4) is 0 Å². The van der Waals surface area contributed by atoms with Crippen molar-refractivity contribution in [2.24, 2.45) is 0 Å². The topological polar surface area (TPSA) is 80.9 Å². The number of para-hydroxylation sites is 2. The predicted molar refractivity (Wildman–Crippen MR) is 198 cm³/mol. The van der Waals surface area contributed by atoms with Gasteiger partial charge in [0.05, 0.1) is 12.2 Å². The van der Waals surface area contributed by atoms with Gasteiger partial charge in [-0.15, -0.1) is 0 Å². The van der Waals surface area contributed by atoms with Gasteiger partial charge in [-0.25, -0.2) is 0 Å². The molecule has 0 heterocycles. The van der Waals surface area contributed by atoms with Crippen molar-refractivity contribution in [2.45, 2.75) is 91.8 Å². The van der Waals surface area contributed by atoms with Crippen molar-refractivity contribution in [1.29, 1.82) is 0 Å². The predicted octanol–water partition coefficient (Wildman–Crippen LogP) is 9.48. The summed E-state index contributed by atoms with van der Waals surface area (Å²) in [4.78, 5) is 0. The number of hydrogen-bond acceptors (Lipinski definition) is 4. The van der Waals surface area contributed by atoms with Crippen LogP contribution < -0.4 is 0 Å². The number of benzene rings is 5. The van der Waals surface area contributed by atoms with E-state index in [2.05, 4.69) is 38.1 Å². The summed E-state index contributed by atoms with van der Waals surface area (Å²) in [5, 5.41) is 48.6. The molecule has 48 heavy (non-hydrogen) atoms. The highest BCUT2D eigenvalue weighted by Gasteiger charge is 2.47. The Morgan fingerprint density at radius 1 is 0.521 bits per heavy atom. The zero-order chi connectivity index (χ0) is 35.1. The first kappa shape index (κ1) is 34.9. The maximum Gasteiger partial charge on any atom is 0.127 e. The Labute approximate surface area is 286 Å². The zero-order valence-electron chi connectivity index (χ0n) is 29.8. The molecule has 0 aromatic heterocycles. The summed E-state index contributed by atoms with van der Waals surface area (Å²) in [6.07, 6.45) is -2.29. The summed E-state index contributed by atoms with van der Waals surface area (Å²) in [5.41, 5.74) is 9.69. The van der Waals surface area contributed by atoms with E-state index < -0.39 is 23.0 Å². The molecule has 4 nitrogen and oxygen atoms in total. The number of aromatic hydroxyl groups is 2. The summed E-state index contributed by atoms with van der Waals surface area (Å²) in [6, 6.07) is 29.6. The van der Waals surface area contributed by atoms with E-state index in [1.165, 1.54) is 0 Å². The molecule has 0 aliphatic carbocycles. The van der Waals surface area contributed by atoms with Crippen molar-refractivity contribution in [3.8, 4) is 33.8 Å². The SMILES string of the molecule is Cc1cc(C)c(-c2cccc(C(C)(C)[C@@H](O)[C@H](O)C(C)(Cc3ccccc3)c3cccc(-c4c(C)cc(C)cc4C)c3O)c2O)c(C)c1. The summed E-state index contributed by atoms with van der Waals surface area (Å²) >= 11 is 0. The molecule has 5 aromatic carbocycles. The number of aliphatic hydroxyl groups is 2. The first-order valence-electron chi connectivity index (χ1n) is 16.8. The standard InChI is InChI=1S/C44H50O4/c1-26-21-28(3)37(29(4)22-26)33-17-13-19-35(39(33)45)43(7,8)41(47)42(48)44(9,25-32-15-11-10-12-16-32)36-20-14-18-34(40(36)46)38-30(5)23-27(2)24-31(38)6/h10-24,41-42,45-48H,25H2,1-9H3/t41-,42-,44?/m0/s1. The van der Waals surface area contributed by atoms with E-state index in [-0.39, 0.29) is 11.5 Å². The molecule has 0 radical (unpaired) electrons. The third-order valence-corrected chi connectivity index (χ3v) is 10.4. The lowest BCUT2D eigenvalue weighted by Gasteiger charge is -2.44. The van der Waals surface area contributed by atoms with E-state index >= 15 is 0 Å². The molecule has 250 valence electrons. The van der Waals surface area contributed by atoms with Gasteiger partial charge in [0.15, 0.2) is 0 Å². The molecule has 3 atom stereocenters. The smallest absolute Gasteiger partial charge is 0.127 e. The van der Waals surface area contributed by atoms with Gasteiger partial charge in [0, 0.05) is 33.1 Å². The fraction of sp³-hybridized carbons (Fsp3) is 0.318. The van der Waals surface area contributed by atoms with Gasteiger partial charge in [-0.1, -0.05) is 123 Å². The fourth-order valence-corrected chi connectivity index (χ4v) is 7.96. The average molecular weight is 643 g/mol. The van der Waals surface area contributed by atoms with Gasteiger partial charge in [-0.3, -0.25) is 0 Å². The minimum Gasteiger partial charge on any atom is -0.507 e. The molecule has 0 spiro atoms. The number of hydrogen-bond donors (Lipinski definition) is 4. The maximum atomic E-state index is 12.4. The maximum absolute atomic E-state index is 12.4. The monoisotopic (exact) mass is 642 g/mol. The number of rotatable bonds is 9. The van der Waals surface area contributed by atoms with Crippen LogP contribution in [-0.2, 0) is 17.3 Å². The van der Waals surface area contributed by atoms with Crippen LogP contribution in [0.1, 0.15) is 70.8 Å². The van der Waals surface area contributed by atoms with Crippen molar-refractivity contribution in [2.75, 3.05) is 0 Å². The van der Waals surface area contributed by atoms with Gasteiger partial charge in [-0.2, -0.15) is 0 Å². The average Bonchev–Trinajstić information content (AvgIpc) is 3.01. The number of phenolic OH excluding ortho intramolecular Hbond substituents is 2. The molecule has 4 N–H and O–H groups in total. The lowest BCUT2D eigenvalue weighted by Crippen LogP contribution is -2.53. The molecular weight excluding hydrogens is 592 g/mol. The van der Waals surface area contributed by atoms with Crippen LogP contribution in [0.25, 0.3) is 22.3 Å². The van der Waals surface area contributed by atoms with Crippen LogP contribution in [0.5, 0.6) is 11.5 Å². The summed E-state index contributed by atoms with van der Waals surface area (Å²) in [5.74, 6) is 0.175. The molecule has 0 aliphatic rings. The van der Waals surface area contributed by atoms with E-state index in [4.69, 9.17) is 0 Å². The molecule has 0 bridgehead atoms. The molecule has 0 saturated carbocycles. The molecular formula is C44H50O4. The zero-order valence-corrected chi connectivity index (χ0v) is 29.8. The molecule has 0 amide bonds. The minimum absolute atomic E-state index is 0.0868. The molecule has 0 aliphatic heterocycles. The van der Waals surface area contributed by atoms with Crippen LogP contribution in [0.4, 0.5) is 0 Å². The fourth-order valence-electron chi connectivity index (χ4n) is 7.96. The second-order valence-electron chi connectivity index (χ2n) is 14.6. The van der Waals surface area contributed by atoms with E-state index in [1.807, 2.05) is 115 Å². The van der Waals surface area contributed by atoms with E-state index in [0.717, 1.165) is 50.1 Å². The molecule has 0 saturated heterocycles. The Bertz CT molecular complexity index is 1910. The first-order valence-corrected chi connectivity index (χ1v) is 16.8. The first-order chi connectivity index (χ1) is 22.6. The van der Waals surface area contributed by atoms with Gasteiger partial charge >= 0.3 is 0 Å². The second kappa shape index (κ2) is 13.3. The van der Waals surface area contributed by atoms with Gasteiger partial charge in [0.25, 0.3) is 0 Å². The molecule has 1 unspecified atom stereocenters. The largest absolute Gasteiger partial charge is 0.507 e. The summed E-state index contributed by atoms with van der Waals surface area (Å²) < 4.78 is 0. The number of phenols is 2. The quantitative estimate of drug-likeness (QED) is 0.129. The van der Waals surface area contributed by atoms with Crippen LogP contribution in [0.2, 0.25) is 0 Å². The van der Waals surface area contributed by atoms with Crippen molar-refractivity contribution < 1.29 is 20.4 Å². The molecule has 5 aromatic rings. The van der Waals surface area contributed by atoms with Crippen LogP contribution in [0, 0.1) is 41.5 Å². The van der Waals surface area contributed by atoms with Crippen LogP contribution in [0.15, 0.2) is 91.0 Å². The van der Waals surface area contributed by atoms with E-state index in [9.17, 15) is 20.4 Å². The number of aliphatic hydroxyl groups excluding tert-OH is 2. The van der Waals surface area contributed by atoms with Gasteiger partial charge in [-0.05, 0) is 86.9 Å². The Hall–Kier alpha value is -4.38. The van der Waals surface area contributed by atoms with Gasteiger partial charge < -0.3 is 20.4 Å². The van der Waals surface area contributed by atoms with E-state index in [0.29, 0.717) is 28.7 Å². The van der Waals surface area contributed by atoms with Crippen molar-refractivity contribution in [3.05, 3.63) is 141 Å². The highest BCUT2D eigenvalue weighted by Crippen LogP contribution is 2.48. The molecule has 0 fully saturated rings. The van der Waals surface area contributed by atoms with Crippen molar-refractivity contribution in [1.82, 2.24) is 0 Å². The second-order valence-corrected chi connectivity index (χ2v) is 14.6. The third kappa shape index (κ3) is 6.27. The summed E-state index contributed by atoms with van der Waals surface area (Å²) in [6.45, 7) is 17.9. The molecule has 4 heteroatoms. The molecule has 5 rings (SSSR count). The van der Waals surface area contributed by atoms with Crippen LogP contribution in [-0.4, -0.2) is 32.6 Å².